The number of hydrogen-bond acceptors (Lipinski definition) is 6. The second-order valence-corrected chi connectivity index (χ2v) is 7.43. The lowest BCUT2D eigenvalue weighted by Crippen LogP contribution is -2.30. The van der Waals surface area contributed by atoms with Crippen LogP contribution in [0.25, 0.3) is 11.1 Å². The average molecular weight is 393 g/mol. The first-order chi connectivity index (χ1) is 13.7. The number of aromatic nitrogens is 2. The van der Waals surface area contributed by atoms with Crippen molar-refractivity contribution in [3.63, 3.8) is 0 Å². The molecule has 0 radical (unpaired) electrons. The van der Waals surface area contributed by atoms with E-state index in [1.165, 1.54) is 0 Å². The number of methoxy groups -OCH3 is 1. The quantitative estimate of drug-likeness (QED) is 0.484. The largest absolute Gasteiger partial charge is 0.496 e. The average Bonchev–Trinajstić information content (AvgIpc) is 3.37. The minimum Gasteiger partial charge on any atom is -0.496 e. The zero-order chi connectivity index (χ0) is 19.5. The molecule has 0 saturated carbocycles. The van der Waals surface area contributed by atoms with E-state index in [9.17, 15) is 4.79 Å². The van der Waals surface area contributed by atoms with Gasteiger partial charge in [-0.15, -0.1) is 11.3 Å². The molecule has 0 unspecified atom stereocenters. The van der Waals surface area contributed by atoms with E-state index < -0.39 is 0 Å². The van der Waals surface area contributed by atoms with Gasteiger partial charge >= 0.3 is 0 Å². The molecule has 3 aromatic heterocycles. The van der Waals surface area contributed by atoms with Crippen LogP contribution >= 0.6 is 11.3 Å². The summed E-state index contributed by atoms with van der Waals surface area (Å²) in [6.07, 6.45) is 1.54. The fourth-order valence-electron chi connectivity index (χ4n) is 3.07. The number of amides is 1. The third kappa shape index (κ3) is 3.61. The summed E-state index contributed by atoms with van der Waals surface area (Å²) in [7, 11) is 1.64. The normalized spacial score (nSPS) is 10.9. The van der Waals surface area contributed by atoms with Gasteiger partial charge in [0.15, 0.2) is 0 Å². The van der Waals surface area contributed by atoms with Crippen LogP contribution < -0.4 is 4.74 Å². The van der Waals surface area contributed by atoms with Gasteiger partial charge in [-0.1, -0.05) is 29.4 Å². The zero-order valence-corrected chi connectivity index (χ0v) is 16.4. The number of ether oxygens (including phenoxy) is 1. The first kappa shape index (κ1) is 18.2. The van der Waals surface area contributed by atoms with E-state index in [2.05, 4.69) is 10.1 Å². The lowest BCUT2D eigenvalue weighted by molar-refractivity contribution is 0.0730. The molecule has 0 saturated heterocycles. The summed E-state index contributed by atoms with van der Waals surface area (Å²) < 4.78 is 10.6. The molecule has 0 aliphatic rings. The number of benzene rings is 1. The summed E-state index contributed by atoms with van der Waals surface area (Å²) in [6, 6.07) is 13.5. The number of aryl methyl sites for hydroxylation is 1. The van der Waals surface area contributed by atoms with Gasteiger partial charge in [0.25, 0.3) is 11.6 Å². The number of para-hydroxylation sites is 1. The molecule has 6 nitrogen and oxygen atoms in total. The number of rotatable bonds is 6. The Bertz CT molecular complexity index is 1110. The summed E-state index contributed by atoms with van der Waals surface area (Å²) in [6.45, 7) is 2.77. The Labute approximate surface area is 166 Å². The number of fused-ring (bicyclic) bond motifs is 1. The first-order valence-corrected chi connectivity index (χ1v) is 9.69. The van der Waals surface area contributed by atoms with E-state index in [-0.39, 0.29) is 5.91 Å². The zero-order valence-electron chi connectivity index (χ0n) is 15.6. The van der Waals surface area contributed by atoms with Gasteiger partial charge in [0.2, 0.25) is 0 Å². The van der Waals surface area contributed by atoms with E-state index >= 15 is 0 Å². The Hall–Kier alpha value is -3.19. The number of thiophene rings is 1. The van der Waals surface area contributed by atoms with Crippen molar-refractivity contribution in [1.82, 2.24) is 15.0 Å². The van der Waals surface area contributed by atoms with Crippen LogP contribution in [-0.4, -0.2) is 28.1 Å². The highest BCUT2D eigenvalue weighted by molar-refractivity contribution is 7.09. The van der Waals surface area contributed by atoms with Gasteiger partial charge in [0, 0.05) is 16.6 Å². The SMILES string of the molecule is COc1ccccc1CN(Cc1cccs1)C(=O)c1cnc2onc(C)c2c1. The van der Waals surface area contributed by atoms with E-state index in [4.69, 9.17) is 9.26 Å². The van der Waals surface area contributed by atoms with Crippen LogP contribution in [0.1, 0.15) is 26.5 Å². The Kier molecular flexibility index (Phi) is 5.08. The molecule has 0 spiro atoms. The molecule has 142 valence electrons. The van der Waals surface area contributed by atoms with E-state index in [1.807, 2.05) is 48.7 Å². The number of nitrogens with zero attached hydrogens (tertiary/aromatic N) is 3. The van der Waals surface area contributed by atoms with E-state index in [0.717, 1.165) is 21.6 Å². The van der Waals surface area contributed by atoms with Crippen LogP contribution in [0.3, 0.4) is 0 Å². The Morgan fingerprint density at radius 2 is 2.07 bits per heavy atom. The Balaban J connectivity index is 1.68. The van der Waals surface area contributed by atoms with Gasteiger partial charge in [0.05, 0.1) is 36.8 Å². The maximum absolute atomic E-state index is 13.4. The molecule has 28 heavy (non-hydrogen) atoms. The van der Waals surface area contributed by atoms with Gasteiger partial charge in [-0.3, -0.25) is 4.79 Å². The van der Waals surface area contributed by atoms with Crippen LogP contribution in [0.5, 0.6) is 5.75 Å². The second-order valence-electron chi connectivity index (χ2n) is 6.40. The second kappa shape index (κ2) is 7.82. The molecular weight excluding hydrogens is 374 g/mol. The molecule has 0 atom stereocenters. The number of carbonyl (C=O) groups is 1. The molecule has 0 N–H and O–H groups in total. The highest BCUT2D eigenvalue weighted by atomic mass is 32.1. The minimum atomic E-state index is -0.102. The number of hydrogen-bond donors (Lipinski definition) is 0. The predicted octanol–water partition coefficient (Wildman–Crippen LogP) is 4.44. The number of carbonyl (C=O) groups excluding carboxylic acids is 1. The van der Waals surface area contributed by atoms with Crippen LogP contribution in [0.15, 0.2) is 58.6 Å². The van der Waals surface area contributed by atoms with Crippen molar-refractivity contribution in [2.75, 3.05) is 7.11 Å². The van der Waals surface area contributed by atoms with Crippen molar-refractivity contribution < 1.29 is 14.1 Å². The highest BCUT2D eigenvalue weighted by Crippen LogP contribution is 2.24. The minimum absolute atomic E-state index is 0.102. The van der Waals surface area contributed by atoms with Gasteiger partial charge in [-0.25, -0.2) is 4.98 Å². The third-order valence-corrected chi connectivity index (χ3v) is 5.39. The van der Waals surface area contributed by atoms with E-state index in [0.29, 0.717) is 30.1 Å². The number of pyridine rings is 1. The molecule has 4 rings (SSSR count). The summed E-state index contributed by atoms with van der Waals surface area (Å²) in [4.78, 5) is 20.5. The van der Waals surface area contributed by atoms with Gasteiger partial charge in [-0.05, 0) is 30.5 Å². The van der Waals surface area contributed by atoms with Crippen molar-refractivity contribution in [3.05, 3.63) is 75.7 Å². The lowest BCUT2D eigenvalue weighted by Gasteiger charge is -2.23. The topological polar surface area (TPSA) is 68.5 Å². The van der Waals surface area contributed by atoms with Crippen molar-refractivity contribution in [3.8, 4) is 5.75 Å². The van der Waals surface area contributed by atoms with Crippen LogP contribution in [-0.2, 0) is 13.1 Å². The first-order valence-electron chi connectivity index (χ1n) is 8.81. The summed E-state index contributed by atoms with van der Waals surface area (Å²) in [5.41, 5.74) is 2.60. The third-order valence-electron chi connectivity index (χ3n) is 4.52. The maximum atomic E-state index is 13.4. The molecule has 0 fully saturated rings. The molecule has 1 aromatic carbocycles. The summed E-state index contributed by atoms with van der Waals surface area (Å²) in [5, 5.41) is 6.67. The fraction of sp³-hybridized carbons (Fsp3) is 0.190. The maximum Gasteiger partial charge on any atom is 0.257 e. The van der Waals surface area contributed by atoms with Gasteiger partial charge < -0.3 is 14.2 Å². The molecule has 0 bridgehead atoms. The Morgan fingerprint density at radius 3 is 2.86 bits per heavy atom. The standard InChI is InChI=1S/C21H19N3O3S/c1-14-18-10-16(11-22-20(18)27-23-14)21(25)24(13-17-7-5-9-28-17)12-15-6-3-4-8-19(15)26-2/h3-11H,12-13H2,1-2H3. The van der Waals surface area contributed by atoms with E-state index in [1.54, 1.807) is 35.6 Å². The molecule has 0 aliphatic carbocycles. The molecule has 4 aromatic rings. The molecule has 3 heterocycles. The predicted molar refractivity (Wildman–Crippen MR) is 107 cm³/mol. The Morgan fingerprint density at radius 1 is 1.21 bits per heavy atom. The molecule has 7 heteroatoms. The molecular formula is C21H19N3O3S. The van der Waals surface area contributed by atoms with Crippen LogP contribution in [0.4, 0.5) is 0 Å². The van der Waals surface area contributed by atoms with Crippen molar-refractivity contribution in [1.29, 1.82) is 0 Å². The summed E-state index contributed by atoms with van der Waals surface area (Å²) >= 11 is 1.62. The van der Waals surface area contributed by atoms with Crippen molar-refractivity contribution >= 4 is 28.3 Å². The molecule has 0 aliphatic heterocycles. The smallest absolute Gasteiger partial charge is 0.257 e. The van der Waals surface area contributed by atoms with Crippen LogP contribution in [0.2, 0.25) is 0 Å². The monoisotopic (exact) mass is 393 g/mol. The van der Waals surface area contributed by atoms with Crippen molar-refractivity contribution in [2.45, 2.75) is 20.0 Å². The van der Waals surface area contributed by atoms with Crippen LogP contribution in [0, 0.1) is 6.92 Å². The van der Waals surface area contributed by atoms with Gasteiger partial charge in [0.1, 0.15) is 5.75 Å². The summed E-state index contributed by atoms with van der Waals surface area (Å²) in [5.74, 6) is 0.657. The van der Waals surface area contributed by atoms with Gasteiger partial charge in [-0.2, -0.15) is 0 Å². The fourth-order valence-corrected chi connectivity index (χ4v) is 3.79. The lowest BCUT2D eigenvalue weighted by atomic mass is 10.1. The highest BCUT2D eigenvalue weighted by Gasteiger charge is 2.20. The van der Waals surface area contributed by atoms with Crippen molar-refractivity contribution in [2.24, 2.45) is 0 Å². The molecule has 1 amide bonds.